The number of aromatic nitrogens is 4. The van der Waals surface area contributed by atoms with Crippen molar-refractivity contribution in [3.8, 4) is 17.2 Å². The van der Waals surface area contributed by atoms with Gasteiger partial charge in [0.15, 0.2) is 5.82 Å². The Morgan fingerprint density at radius 2 is 1.09 bits per heavy atom. The van der Waals surface area contributed by atoms with Gasteiger partial charge in [-0.2, -0.15) is 0 Å². The molecular weight excluding hydrogens is 560 g/mol. The molecule has 0 aliphatic rings. The number of nitrogens with zero attached hydrogens (tertiary/aromatic N) is 4. The van der Waals surface area contributed by atoms with Gasteiger partial charge >= 0.3 is 0 Å². The maximum atomic E-state index is 5.35. The Balaban J connectivity index is 1.43. The molecule has 4 heteroatoms. The van der Waals surface area contributed by atoms with Crippen LogP contribution in [-0.2, 0) is 0 Å². The lowest BCUT2D eigenvalue weighted by Gasteiger charge is -2.13. The summed E-state index contributed by atoms with van der Waals surface area (Å²) in [6.07, 6.45) is 0. The minimum Gasteiger partial charge on any atom is -0.308 e. The average molecular weight is 585 g/mol. The lowest BCUT2D eigenvalue weighted by Crippen LogP contribution is -2.02. The van der Waals surface area contributed by atoms with E-state index in [2.05, 4.69) is 136 Å². The number of fused-ring (bicyclic) bond motifs is 13. The molecule has 0 fully saturated rings. The summed E-state index contributed by atoms with van der Waals surface area (Å²) in [7, 11) is 0. The molecule has 0 unspecified atom stereocenters. The highest BCUT2D eigenvalue weighted by molar-refractivity contribution is 6.38. The largest absolute Gasteiger partial charge is 0.308 e. The van der Waals surface area contributed by atoms with E-state index >= 15 is 0 Å². The zero-order valence-electron chi connectivity index (χ0n) is 24.6. The first-order chi connectivity index (χ1) is 22.8. The smallest absolute Gasteiger partial charge is 0.162 e. The van der Waals surface area contributed by atoms with Gasteiger partial charge < -0.3 is 4.40 Å². The van der Waals surface area contributed by atoms with Gasteiger partial charge in [-0.25, -0.2) is 9.97 Å². The molecule has 0 atom stereocenters. The van der Waals surface area contributed by atoms with Crippen LogP contribution in [0.25, 0.3) is 98.8 Å². The van der Waals surface area contributed by atoms with Crippen LogP contribution in [0.5, 0.6) is 0 Å². The van der Waals surface area contributed by atoms with Crippen molar-refractivity contribution in [1.82, 2.24) is 18.9 Å². The summed E-state index contributed by atoms with van der Waals surface area (Å²) in [4.78, 5) is 10.4. The van der Waals surface area contributed by atoms with Gasteiger partial charge in [-0.15, -0.1) is 0 Å². The second-order valence-corrected chi connectivity index (χ2v) is 12.2. The first-order valence-corrected chi connectivity index (χ1v) is 15.7. The zero-order chi connectivity index (χ0) is 29.9. The zero-order valence-corrected chi connectivity index (χ0v) is 24.6. The van der Waals surface area contributed by atoms with Crippen LogP contribution in [0.3, 0.4) is 0 Å². The van der Waals surface area contributed by atoms with E-state index < -0.39 is 0 Å². The predicted octanol–water partition coefficient (Wildman–Crippen LogP) is 10.7. The quantitative estimate of drug-likeness (QED) is 0.203. The second-order valence-electron chi connectivity index (χ2n) is 12.2. The molecule has 212 valence electrons. The Kier molecular flexibility index (Phi) is 4.55. The Hall–Kier alpha value is -6.26. The fourth-order valence-electron chi connectivity index (χ4n) is 7.95. The molecule has 0 aliphatic carbocycles. The van der Waals surface area contributed by atoms with Crippen molar-refractivity contribution < 1.29 is 0 Å². The van der Waals surface area contributed by atoms with Gasteiger partial charge in [0, 0.05) is 43.3 Å². The predicted molar refractivity (Wildman–Crippen MR) is 191 cm³/mol. The lowest BCUT2D eigenvalue weighted by molar-refractivity contribution is 1.08. The molecule has 0 spiro atoms. The van der Waals surface area contributed by atoms with Gasteiger partial charge in [0.05, 0.1) is 33.1 Å². The first kappa shape index (κ1) is 24.1. The van der Waals surface area contributed by atoms with Crippen LogP contribution in [-0.4, -0.2) is 18.9 Å². The molecule has 0 amide bonds. The lowest BCUT2D eigenvalue weighted by atomic mass is 9.98. The summed E-state index contributed by atoms with van der Waals surface area (Å²) >= 11 is 0. The monoisotopic (exact) mass is 584 g/mol. The second kappa shape index (κ2) is 8.68. The van der Waals surface area contributed by atoms with Crippen molar-refractivity contribution in [2.24, 2.45) is 0 Å². The first-order valence-electron chi connectivity index (χ1n) is 15.7. The van der Waals surface area contributed by atoms with Crippen molar-refractivity contribution in [3.05, 3.63) is 146 Å². The van der Waals surface area contributed by atoms with Crippen molar-refractivity contribution in [2.75, 3.05) is 0 Å². The summed E-state index contributed by atoms with van der Waals surface area (Å²) in [5.74, 6) is 1.61. The third kappa shape index (κ3) is 2.98. The topological polar surface area (TPSA) is 35.1 Å². The van der Waals surface area contributed by atoms with E-state index in [0.717, 1.165) is 39.1 Å². The van der Waals surface area contributed by atoms with Gasteiger partial charge in [-0.05, 0) is 47.2 Å². The van der Waals surface area contributed by atoms with E-state index in [1.165, 1.54) is 59.6 Å². The van der Waals surface area contributed by atoms with Gasteiger partial charge in [0.25, 0.3) is 0 Å². The van der Waals surface area contributed by atoms with Gasteiger partial charge in [0.1, 0.15) is 5.82 Å². The van der Waals surface area contributed by atoms with E-state index in [0.29, 0.717) is 0 Å². The Labute approximate surface area is 262 Å². The van der Waals surface area contributed by atoms with E-state index in [-0.39, 0.29) is 0 Å². The highest BCUT2D eigenvalue weighted by Crippen LogP contribution is 2.48. The van der Waals surface area contributed by atoms with Crippen LogP contribution >= 0.6 is 0 Å². The van der Waals surface area contributed by atoms with Crippen molar-refractivity contribution in [1.29, 1.82) is 0 Å². The number of para-hydroxylation sites is 3. The molecule has 0 bridgehead atoms. The van der Waals surface area contributed by atoms with Gasteiger partial charge in [-0.3, -0.25) is 4.57 Å². The van der Waals surface area contributed by atoms with E-state index in [9.17, 15) is 0 Å². The maximum absolute atomic E-state index is 5.35. The van der Waals surface area contributed by atoms with Crippen molar-refractivity contribution >= 4 is 81.6 Å². The van der Waals surface area contributed by atoms with Crippen LogP contribution in [0, 0.1) is 0 Å². The fourth-order valence-corrected chi connectivity index (χ4v) is 7.95. The molecule has 4 nitrogen and oxygen atoms in total. The Morgan fingerprint density at radius 3 is 1.96 bits per heavy atom. The summed E-state index contributed by atoms with van der Waals surface area (Å²) < 4.78 is 4.87. The molecule has 11 aromatic rings. The molecule has 0 saturated carbocycles. The van der Waals surface area contributed by atoms with Crippen molar-refractivity contribution in [2.45, 2.75) is 0 Å². The average Bonchev–Trinajstić information content (AvgIpc) is 3.76. The number of hydrogen-bond donors (Lipinski definition) is 0. The van der Waals surface area contributed by atoms with Crippen LogP contribution < -0.4 is 0 Å². The Bertz CT molecular complexity index is 3020. The van der Waals surface area contributed by atoms with Crippen LogP contribution in [0.1, 0.15) is 0 Å². The normalized spacial score (nSPS) is 12.3. The SMILES string of the molecule is c1ccc(-c2nc(-n3c4ccccc4c4c5c6c7ccccc7ccc6n6c7ccccc7c(cc43)c56)c3ccccc3n2)cc1. The van der Waals surface area contributed by atoms with Crippen LogP contribution in [0.2, 0.25) is 0 Å². The van der Waals surface area contributed by atoms with E-state index in [1.807, 2.05) is 18.2 Å². The molecule has 4 aromatic heterocycles. The minimum atomic E-state index is 0.721. The fraction of sp³-hybridized carbons (Fsp3) is 0. The molecule has 0 N–H and O–H groups in total. The molecule has 0 aliphatic heterocycles. The third-order valence-corrected chi connectivity index (χ3v) is 9.82. The molecular formula is C42H24N4. The molecule has 4 heterocycles. The van der Waals surface area contributed by atoms with Gasteiger partial charge in [0.2, 0.25) is 0 Å². The third-order valence-electron chi connectivity index (χ3n) is 9.82. The number of rotatable bonds is 2. The minimum absolute atomic E-state index is 0.721. The Morgan fingerprint density at radius 1 is 0.413 bits per heavy atom. The molecule has 7 aromatic carbocycles. The molecule has 46 heavy (non-hydrogen) atoms. The van der Waals surface area contributed by atoms with Crippen molar-refractivity contribution in [3.63, 3.8) is 0 Å². The standard InChI is InChI=1S/C42H24N4/c1-2-13-26(14-3-1)41-43-32-19-9-6-17-29(32)42(44-41)46-34-21-11-8-18-30(34)38-36(46)24-31-28-16-7-10-20-33(28)45-35-23-22-25-12-4-5-15-27(25)37(35)39(38)40(31)45/h1-24H. The summed E-state index contributed by atoms with van der Waals surface area (Å²) in [5.41, 5.74) is 7.96. The molecule has 11 rings (SSSR count). The number of benzene rings is 7. The highest BCUT2D eigenvalue weighted by atomic mass is 15.1. The molecule has 0 saturated heterocycles. The summed E-state index contributed by atoms with van der Waals surface area (Å²) in [6, 6.07) is 52.0. The van der Waals surface area contributed by atoms with Crippen LogP contribution in [0.4, 0.5) is 0 Å². The van der Waals surface area contributed by atoms with Crippen LogP contribution in [0.15, 0.2) is 146 Å². The summed E-state index contributed by atoms with van der Waals surface area (Å²) in [6.45, 7) is 0. The highest BCUT2D eigenvalue weighted by Gasteiger charge is 2.26. The van der Waals surface area contributed by atoms with E-state index in [4.69, 9.17) is 9.97 Å². The molecule has 0 radical (unpaired) electrons. The van der Waals surface area contributed by atoms with Gasteiger partial charge in [-0.1, -0.05) is 109 Å². The van der Waals surface area contributed by atoms with E-state index in [1.54, 1.807) is 0 Å². The number of hydrogen-bond acceptors (Lipinski definition) is 2. The summed E-state index contributed by atoms with van der Waals surface area (Å²) in [5, 5.41) is 11.1. The maximum Gasteiger partial charge on any atom is 0.162 e.